The summed E-state index contributed by atoms with van der Waals surface area (Å²) in [6.45, 7) is 6.57. The Bertz CT molecular complexity index is 798. The molecule has 0 atom stereocenters. The summed E-state index contributed by atoms with van der Waals surface area (Å²) >= 11 is 0. The molecule has 0 heterocycles. The molecule has 0 aliphatic heterocycles. The maximum Gasteiger partial charge on any atom is 0.227 e. The predicted octanol–water partition coefficient (Wildman–Crippen LogP) is 1.82. The number of guanidine groups is 1. The molecule has 0 radical (unpaired) electrons. The summed E-state index contributed by atoms with van der Waals surface area (Å²) in [5, 5.41) is 8.77. The minimum absolute atomic E-state index is 0. The summed E-state index contributed by atoms with van der Waals surface area (Å²) < 4.78 is 36.8. The molecule has 0 aliphatic rings. The molecule has 1 amide bonds. The van der Waals surface area contributed by atoms with E-state index in [1.54, 1.807) is 20.9 Å². The average Bonchev–Trinajstić information content (AvgIpc) is 2.57. The van der Waals surface area contributed by atoms with Gasteiger partial charge in [0.2, 0.25) is 5.91 Å². The molecule has 7 nitrogen and oxygen atoms in total. The van der Waals surface area contributed by atoms with Crippen LogP contribution in [0, 0.1) is 11.2 Å². The van der Waals surface area contributed by atoms with E-state index in [9.17, 15) is 17.6 Å². The summed E-state index contributed by atoms with van der Waals surface area (Å²) in [6.07, 6.45) is 1.13. The molecular formula is C18H30FIN4O3S. The smallest absolute Gasteiger partial charge is 0.227 e. The Labute approximate surface area is 183 Å². The summed E-state index contributed by atoms with van der Waals surface area (Å²) in [5.74, 6) is -0.266. The van der Waals surface area contributed by atoms with Gasteiger partial charge in [0.15, 0.2) is 15.8 Å². The monoisotopic (exact) mass is 528 g/mol. The van der Waals surface area contributed by atoms with Crippen LogP contribution >= 0.6 is 24.0 Å². The lowest BCUT2D eigenvalue weighted by Crippen LogP contribution is -2.47. The van der Waals surface area contributed by atoms with Gasteiger partial charge in [-0.05, 0) is 44.0 Å². The van der Waals surface area contributed by atoms with E-state index < -0.39 is 21.1 Å². The highest BCUT2D eigenvalue weighted by Gasteiger charge is 2.26. The highest BCUT2D eigenvalue weighted by molar-refractivity contribution is 14.0. The van der Waals surface area contributed by atoms with E-state index in [4.69, 9.17) is 0 Å². The Balaban J connectivity index is 0.00000729. The third-order valence-electron chi connectivity index (χ3n) is 3.88. The number of amides is 1. The number of nitrogens with one attached hydrogen (secondary N) is 3. The summed E-state index contributed by atoms with van der Waals surface area (Å²) in [6, 6.07) is 4.00. The molecule has 1 rings (SSSR count). The van der Waals surface area contributed by atoms with Crippen LogP contribution < -0.4 is 16.0 Å². The Morgan fingerprint density at radius 3 is 2.39 bits per heavy atom. The first-order valence-corrected chi connectivity index (χ1v) is 10.7. The van der Waals surface area contributed by atoms with Crippen LogP contribution in [-0.4, -0.2) is 46.7 Å². The number of hydrogen-bond acceptors (Lipinski definition) is 4. The highest BCUT2D eigenvalue weighted by atomic mass is 127. The fourth-order valence-corrected chi connectivity index (χ4v) is 3.24. The molecule has 160 valence electrons. The van der Waals surface area contributed by atoms with Crippen molar-refractivity contribution in [2.24, 2.45) is 10.4 Å². The van der Waals surface area contributed by atoms with E-state index in [1.807, 2.05) is 6.92 Å². The highest BCUT2D eigenvalue weighted by Crippen LogP contribution is 2.16. The maximum absolute atomic E-state index is 13.6. The van der Waals surface area contributed by atoms with Crippen molar-refractivity contribution >= 4 is 45.7 Å². The lowest BCUT2D eigenvalue weighted by molar-refractivity contribution is -0.128. The Morgan fingerprint density at radius 1 is 1.21 bits per heavy atom. The zero-order valence-electron chi connectivity index (χ0n) is 16.9. The van der Waals surface area contributed by atoms with Gasteiger partial charge in [0, 0.05) is 26.4 Å². The number of aliphatic imine (C=N–C) groups is 1. The van der Waals surface area contributed by atoms with E-state index in [0.717, 1.165) is 6.26 Å². The summed E-state index contributed by atoms with van der Waals surface area (Å²) in [5.41, 5.74) is 0.373. The molecule has 1 aromatic rings. The first-order chi connectivity index (χ1) is 12.5. The van der Waals surface area contributed by atoms with E-state index in [2.05, 4.69) is 20.9 Å². The first kappa shape index (κ1) is 26.6. The van der Waals surface area contributed by atoms with Crippen molar-refractivity contribution in [1.82, 2.24) is 16.0 Å². The third kappa shape index (κ3) is 9.18. The number of nitrogens with zero attached hydrogens (tertiary/aromatic N) is 1. The standard InChI is InChI=1S/C18H29FN4O3S.HI/c1-6-21-17(23-12-18(2,3)16(24)20-4)22-10-14-9-15(19)8-7-13(14)11-27(5,25)26;/h7-9H,6,10-12H2,1-5H3,(H,20,24)(H2,21,22,23);1H. The largest absolute Gasteiger partial charge is 0.359 e. The fourth-order valence-electron chi connectivity index (χ4n) is 2.39. The van der Waals surface area contributed by atoms with Crippen molar-refractivity contribution in [3.8, 4) is 0 Å². The normalized spacial score (nSPS) is 12.1. The zero-order valence-corrected chi connectivity index (χ0v) is 20.1. The van der Waals surface area contributed by atoms with Crippen LogP contribution in [0.1, 0.15) is 31.9 Å². The van der Waals surface area contributed by atoms with Gasteiger partial charge in [0.25, 0.3) is 0 Å². The second-order valence-corrected chi connectivity index (χ2v) is 9.14. The number of carbonyl (C=O) groups excluding carboxylic acids is 1. The number of benzene rings is 1. The molecule has 28 heavy (non-hydrogen) atoms. The van der Waals surface area contributed by atoms with Crippen LogP contribution in [0.4, 0.5) is 4.39 Å². The fraction of sp³-hybridized carbons (Fsp3) is 0.556. The molecule has 0 aliphatic carbocycles. The topological polar surface area (TPSA) is 99.7 Å². The molecule has 0 bridgehead atoms. The zero-order chi connectivity index (χ0) is 20.7. The van der Waals surface area contributed by atoms with Crippen LogP contribution in [0.5, 0.6) is 0 Å². The average molecular weight is 528 g/mol. The van der Waals surface area contributed by atoms with Gasteiger partial charge in [-0.15, -0.1) is 24.0 Å². The van der Waals surface area contributed by atoms with Crippen LogP contribution in [-0.2, 0) is 26.9 Å². The van der Waals surface area contributed by atoms with Crippen molar-refractivity contribution < 1.29 is 17.6 Å². The number of sulfone groups is 1. The minimum atomic E-state index is -3.25. The van der Waals surface area contributed by atoms with Crippen LogP contribution in [0.3, 0.4) is 0 Å². The van der Waals surface area contributed by atoms with Gasteiger partial charge < -0.3 is 16.0 Å². The molecule has 0 unspecified atom stereocenters. The number of halogens is 2. The second-order valence-electron chi connectivity index (χ2n) is 6.99. The number of hydrogen-bond donors (Lipinski definition) is 3. The molecule has 3 N–H and O–H groups in total. The summed E-state index contributed by atoms with van der Waals surface area (Å²) in [4.78, 5) is 16.3. The van der Waals surface area contributed by atoms with Gasteiger partial charge in [-0.2, -0.15) is 0 Å². The van der Waals surface area contributed by atoms with E-state index in [0.29, 0.717) is 30.2 Å². The molecule has 1 aromatic carbocycles. The lowest BCUT2D eigenvalue weighted by atomic mass is 9.92. The summed E-state index contributed by atoms with van der Waals surface area (Å²) in [7, 11) is -1.67. The van der Waals surface area contributed by atoms with E-state index >= 15 is 0 Å². The minimum Gasteiger partial charge on any atom is -0.359 e. The number of rotatable bonds is 8. The Hall–Kier alpha value is -1.43. The molecule has 0 saturated carbocycles. The first-order valence-electron chi connectivity index (χ1n) is 8.68. The van der Waals surface area contributed by atoms with Gasteiger partial charge in [0.1, 0.15) is 5.82 Å². The molecule has 0 spiro atoms. The van der Waals surface area contributed by atoms with Gasteiger partial charge in [0.05, 0.1) is 17.7 Å². The van der Waals surface area contributed by atoms with Gasteiger partial charge in [-0.25, -0.2) is 17.8 Å². The molecule has 0 saturated heterocycles. The van der Waals surface area contributed by atoms with Crippen molar-refractivity contribution in [2.45, 2.75) is 33.1 Å². The SMILES string of the molecule is CCNC(=NCc1cc(F)ccc1CS(C)(=O)=O)NCC(C)(C)C(=O)NC.I. The Kier molecular flexibility index (Phi) is 11.0. The van der Waals surface area contributed by atoms with E-state index in [1.165, 1.54) is 18.2 Å². The van der Waals surface area contributed by atoms with Crippen molar-refractivity contribution in [3.63, 3.8) is 0 Å². The third-order valence-corrected chi connectivity index (χ3v) is 4.71. The molecule has 10 heteroatoms. The predicted molar refractivity (Wildman–Crippen MR) is 121 cm³/mol. The van der Waals surface area contributed by atoms with Crippen molar-refractivity contribution in [2.75, 3.05) is 26.4 Å². The van der Waals surface area contributed by atoms with Gasteiger partial charge in [-0.3, -0.25) is 4.79 Å². The quantitative estimate of drug-likeness (QED) is 0.272. The number of carbonyl (C=O) groups is 1. The molecule has 0 aromatic heterocycles. The van der Waals surface area contributed by atoms with Crippen molar-refractivity contribution in [3.05, 3.63) is 35.1 Å². The van der Waals surface area contributed by atoms with Crippen LogP contribution in [0.25, 0.3) is 0 Å². The molecule has 0 fully saturated rings. The van der Waals surface area contributed by atoms with Gasteiger partial charge in [-0.1, -0.05) is 6.07 Å². The van der Waals surface area contributed by atoms with E-state index in [-0.39, 0.29) is 42.2 Å². The second kappa shape index (κ2) is 11.5. The van der Waals surface area contributed by atoms with Crippen LogP contribution in [0.2, 0.25) is 0 Å². The lowest BCUT2D eigenvalue weighted by Gasteiger charge is -2.24. The Morgan fingerprint density at radius 2 is 1.86 bits per heavy atom. The maximum atomic E-state index is 13.6. The van der Waals surface area contributed by atoms with Crippen molar-refractivity contribution in [1.29, 1.82) is 0 Å². The van der Waals surface area contributed by atoms with Gasteiger partial charge >= 0.3 is 0 Å². The molecular weight excluding hydrogens is 498 g/mol. The van der Waals surface area contributed by atoms with Crippen LogP contribution in [0.15, 0.2) is 23.2 Å².